The fourth-order valence-corrected chi connectivity index (χ4v) is 1.90. The minimum Gasteiger partial charge on any atom is -0.493 e. The molecule has 1 aromatic carbocycles. The van der Waals surface area contributed by atoms with Crippen LogP contribution in [0.1, 0.15) is 25.1 Å². The van der Waals surface area contributed by atoms with Crippen LogP contribution in [0, 0.1) is 0 Å². The van der Waals surface area contributed by atoms with E-state index in [0.29, 0.717) is 11.5 Å². The number of carbonyl (C=O) groups is 1. The Labute approximate surface area is 136 Å². The summed E-state index contributed by atoms with van der Waals surface area (Å²) in [5.41, 5.74) is 2.67. The summed E-state index contributed by atoms with van der Waals surface area (Å²) in [6.07, 6.45) is 7.01. The van der Waals surface area contributed by atoms with Gasteiger partial charge in [-0.2, -0.15) is 0 Å². The molecule has 0 N–H and O–H groups in total. The summed E-state index contributed by atoms with van der Waals surface area (Å²) in [6, 6.07) is 11.1. The minimum atomic E-state index is -0.417. The lowest BCUT2D eigenvalue weighted by Crippen LogP contribution is -2.05. The number of nitrogens with zero attached hydrogens (tertiary/aromatic N) is 1. The van der Waals surface area contributed by atoms with Gasteiger partial charge in [0.25, 0.3) is 0 Å². The summed E-state index contributed by atoms with van der Waals surface area (Å²) < 4.78 is 10.6. The van der Waals surface area contributed by atoms with Gasteiger partial charge in [-0.1, -0.05) is 23.8 Å². The van der Waals surface area contributed by atoms with E-state index in [1.54, 1.807) is 19.4 Å². The molecule has 0 spiro atoms. The van der Waals surface area contributed by atoms with Crippen molar-refractivity contribution >= 4 is 18.1 Å². The first-order valence-corrected chi connectivity index (χ1v) is 7.22. The van der Waals surface area contributed by atoms with Crippen LogP contribution < -0.4 is 9.47 Å². The van der Waals surface area contributed by atoms with Crippen molar-refractivity contribution in [2.75, 3.05) is 7.11 Å². The molecular formula is C19H19NO3. The molecule has 1 heterocycles. The van der Waals surface area contributed by atoms with Crippen LogP contribution in [-0.2, 0) is 4.79 Å². The van der Waals surface area contributed by atoms with E-state index in [2.05, 4.69) is 4.98 Å². The molecule has 2 aromatic rings. The molecule has 0 aliphatic carbocycles. The van der Waals surface area contributed by atoms with Crippen molar-refractivity contribution in [3.63, 3.8) is 0 Å². The van der Waals surface area contributed by atoms with E-state index >= 15 is 0 Å². The van der Waals surface area contributed by atoms with Crippen LogP contribution in [-0.4, -0.2) is 18.1 Å². The Morgan fingerprint density at radius 2 is 1.91 bits per heavy atom. The van der Waals surface area contributed by atoms with Crippen LogP contribution in [0.2, 0.25) is 0 Å². The van der Waals surface area contributed by atoms with Gasteiger partial charge in [0.15, 0.2) is 11.5 Å². The van der Waals surface area contributed by atoms with Gasteiger partial charge in [-0.05, 0) is 49.8 Å². The van der Waals surface area contributed by atoms with Crippen molar-refractivity contribution in [1.82, 2.24) is 4.98 Å². The van der Waals surface area contributed by atoms with Gasteiger partial charge in [-0.25, -0.2) is 4.79 Å². The molecule has 0 aliphatic heterocycles. The highest BCUT2D eigenvalue weighted by Crippen LogP contribution is 2.29. The first kappa shape index (κ1) is 16.5. The Kier molecular flexibility index (Phi) is 5.69. The molecule has 0 atom stereocenters. The molecule has 23 heavy (non-hydrogen) atoms. The molecule has 1 aromatic heterocycles. The van der Waals surface area contributed by atoms with Gasteiger partial charge in [0.1, 0.15) is 0 Å². The molecular weight excluding hydrogens is 290 g/mol. The molecule has 0 unspecified atom stereocenters. The smallest absolute Gasteiger partial charge is 0.336 e. The number of allylic oxidation sites excluding steroid dienone is 1. The molecule has 2 rings (SSSR count). The van der Waals surface area contributed by atoms with Crippen molar-refractivity contribution in [1.29, 1.82) is 0 Å². The summed E-state index contributed by atoms with van der Waals surface area (Å²) in [7, 11) is 1.54. The lowest BCUT2D eigenvalue weighted by Gasteiger charge is -2.09. The number of hydrogen-bond donors (Lipinski definition) is 0. The van der Waals surface area contributed by atoms with Gasteiger partial charge in [0, 0.05) is 12.3 Å². The number of methoxy groups -OCH3 is 1. The van der Waals surface area contributed by atoms with Gasteiger partial charge < -0.3 is 9.47 Å². The highest BCUT2D eigenvalue weighted by atomic mass is 16.6. The van der Waals surface area contributed by atoms with E-state index in [1.165, 1.54) is 6.08 Å². The topological polar surface area (TPSA) is 48.4 Å². The average molecular weight is 309 g/mol. The van der Waals surface area contributed by atoms with E-state index in [1.807, 2.05) is 56.3 Å². The van der Waals surface area contributed by atoms with E-state index < -0.39 is 5.97 Å². The zero-order valence-electron chi connectivity index (χ0n) is 13.4. The fraction of sp³-hybridized carbons (Fsp3) is 0.158. The number of hydrogen-bond acceptors (Lipinski definition) is 4. The molecule has 0 saturated carbocycles. The summed E-state index contributed by atoms with van der Waals surface area (Å²) >= 11 is 0. The summed E-state index contributed by atoms with van der Waals surface area (Å²) in [4.78, 5) is 15.9. The average Bonchev–Trinajstić information content (AvgIpc) is 2.54. The zero-order chi connectivity index (χ0) is 16.7. The minimum absolute atomic E-state index is 0.394. The summed E-state index contributed by atoms with van der Waals surface area (Å²) in [5.74, 6) is 0.480. The van der Waals surface area contributed by atoms with Gasteiger partial charge in [0.05, 0.1) is 12.8 Å². The van der Waals surface area contributed by atoms with Gasteiger partial charge >= 0.3 is 5.97 Å². The number of esters is 1. The number of carbonyl (C=O) groups excluding carboxylic acids is 1. The molecule has 0 saturated heterocycles. The predicted molar refractivity (Wildman–Crippen MR) is 91.2 cm³/mol. The predicted octanol–water partition coefficient (Wildman–Crippen LogP) is 4.13. The lowest BCUT2D eigenvalue weighted by atomic mass is 10.1. The molecule has 0 aliphatic rings. The summed E-state index contributed by atoms with van der Waals surface area (Å²) in [5, 5.41) is 0. The third kappa shape index (κ3) is 5.11. The Morgan fingerprint density at radius 3 is 2.57 bits per heavy atom. The fourth-order valence-electron chi connectivity index (χ4n) is 1.90. The SMILES string of the molecule is COc1cc(/C=C/c2ccccn2)ccc1OC(=O)C=C(C)C. The third-order valence-electron chi connectivity index (χ3n) is 2.94. The van der Waals surface area contributed by atoms with Crippen molar-refractivity contribution in [3.8, 4) is 11.5 Å². The first-order valence-electron chi connectivity index (χ1n) is 7.22. The molecule has 0 amide bonds. The number of pyridine rings is 1. The molecule has 4 heteroatoms. The monoisotopic (exact) mass is 309 g/mol. The highest BCUT2D eigenvalue weighted by Gasteiger charge is 2.08. The van der Waals surface area contributed by atoms with E-state index in [-0.39, 0.29) is 0 Å². The Balaban J connectivity index is 2.18. The third-order valence-corrected chi connectivity index (χ3v) is 2.94. The maximum atomic E-state index is 11.7. The van der Waals surface area contributed by atoms with Gasteiger partial charge in [-0.15, -0.1) is 0 Å². The molecule has 4 nitrogen and oxygen atoms in total. The second-order valence-corrected chi connectivity index (χ2v) is 5.14. The van der Waals surface area contributed by atoms with Crippen LogP contribution in [0.4, 0.5) is 0 Å². The Bertz CT molecular complexity index is 730. The number of ether oxygens (including phenoxy) is 2. The first-order chi connectivity index (χ1) is 11.1. The van der Waals surface area contributed by atoms with Crippen molar-refractivity contribution in [2.24, 2.45) is 0 Å². The van der Waals surface area contributed by atoms with E-state index in [4.69, 9.17) is 9.47 Å². The Morgan fingerprint density at radius 1 is 1.09 bits per heavy atom. The number of benzene rings is 1. The van der Waals surface area contributed by atoms with E-state index in [9.17, 15) is 4.79 Å². The van der Waals surface area contributed by atoms with Crippen LogP contribution in [0.3, 0.4) is 0 Å². The quantitative estimate of drug-likeness (QED) is 0.473. The van der Waals surface area contributed by atoms with Crippen LogP contribution in [0.5, 0.6) is 11.5 Å². The summed E-state index contributed by atoms with van der Waals surface area (Å²) in [6.45, 7) is 3.67. The standard InChI is InChI=1S/C19H19NO3/c1-14(2)12-19(21)23-17-10-8-15(13-18(17)22-3)7-9-16-6-4-5-11-20-16/h4-13H,1-3H3/b9-7+. The van der Waals surface area contributed by atoms with Crippen LogP contribution in [0.15, 0.2) is 54.2 Å². The second-order valence-electron chi connectivity index (χ2n) is 5.14. The normalized spacial score (nSPS) is 10.4. The highest BCUT2D eigenvalue weighted by molar-refractivity contribution is 5.85. The molecule has 0 radical (unpaired) electrons. The molecule has 118 valence electrons. The van der Waals surface area contributed by atoms with Crippen molar-refractivity contribution in [3.05, 3.63) is 65.5 Å². The molecule has 0 bridgehead atoms. The maximum Gasteiger partial charge on any atom is 0.336 e. The van der Waals surface area contributed by atoms with Crippen LogP contribution in [0.25, 0.3) is 12.2 Å². The molecule has 0 fully saturated rings. The second kappa shape index (κ2) is 7.94. The van der Waals surface area contributed by atoms with Crippen molar-refractivity contribution in [2.45, 2.75) is 13.8 Å². The lowest BCUT2D eigenvalue weighted by molar-refractivity contribution is -0.129. The number of rotatable bonds is 5. The van der Waals surface area contributed by atoms with Crippen molar-refractivity contribution < 1.29 is 14.3 Å². The van der Waals surface area contributed by atoms with Gasteiger partial charge in [0.2, 0.25) is 0 Å². The van der Waals surface area contributed by atoms with Crippen LogP contribution >= 0.6 is 0 Å². The van der Waals surface area contributed by atoms with E-state index in [0.717, 1.165) is 16.8 Å². The Hall–Kier alpha value is -2.88. The maximum absolute atomic E-state index is 11.7. The largest absolute Gasteiger partial charge is 0.493 e. The number of aromatic nitrogens is 1. The zero-order valence-corrected chi connectivity index (χ0v) is 13.4. The van der Waals surface area contributed by atoms with Gasteiger partial charge in [-0.3, -0.25) is 4.98 Å².